The van der Waals surface area contributed by atoms with Crippen LogP contribution >= 0.6 is 11.3 Å². The van der Waals surface area contributed by atoms with Crippen LogP contribution in [-0.4, -0.2) is 29.3 Å². The van der Waals surface area contributed by atoms with E-state index in [-0.39, 0.29) is 24.3 Å². The average Bonchev–Trinajstić information content (AvgIpc) is 3.09. The number of aryl methyl sites for hydroxylation is 1. The van der Waals surface area contributed by atoms with E-state index in [2.05, 4.69) is 4.98 Å². The molecule has 0 aliphatic carbocycles. The molecule has 0 N–H and O–H groups in total. The molecule has 0 aliphatic rings. The number of aromatic nitrogens is 1. The van der Waals surface area contributed by atoms with Gasteiger partial charge in [0.1, 0.15) is 10.8 Å². The number of ether oxygens (including phenoxy) is 1. The lowest BCUT2D eigenvalue weighted by Crippen LogP contribution is -2.40. The van der Waals surface area contributed by atoms with Gasteiger partial charge in [-0.05, 0) is 57.2 Å². The van der Waals surface area contributed by atoms with Gasteiger partial charge < -0.3 is 9.64 Å². The van der Waals surface area contributed by atoms with Gasteiger partial charge in [-0.3, -0.25) is 9.59 Å². The quantitative estimate of drug-likeness (QED) is 0.508. The van der Waals surface area contributed by atoms with E-state index in [0.717, 1.165) is 22.0 Å². The molecule has 0 spiro atoms. The van der Waals surface area contributed by atoms with Gasteiger partial charge in [0.15, 0.2) is 12.4 Å². The lowest BCUT2D eigenvalue weighted by molar-refractivity contribution is -0.120. The van der Waals surface area contributed by atoms with Crippen LogP contribution in [0.5, 0.6) is 5.75 Å². The summed E-state index contributed by atoms with van der Waals surface area (Å²) in [4.78, 5) is 31.2. The van der Waals surface area contributed by atoms with Gasteiger partial charge >= 0.3 is 0 Å². The minimum atomic E-state index is -0.100. The van der Waals surface area contributed by atoms with Gasteiger partial charge in [0.2, 0.25) is 0 Å². The summed E-state index contributed by atoms with van der Waals surface area (Å²) in [6.45, 7) is 7.30. The van der Waals surface area contributed by atoms with Crippen molar-refractivity contribution in [3.8, 4) is 16.3 Å². The zero-order valence-corrected chi connectivity index (χ0v) is 17.8. The molecule has 0 bridgehead atoms. The zero-order chi connectivity index (χ0) is 21.0. The molecule has 0 saturated carbocycles. The minimum Gasteiger partial charge on any atom is -0.484 e. The molecular formula is C23H24N2O3S. The van der Waals surface area contributed by atoms with Gasteiger partial charge in [-0.2, -0.15) is 0 Å². The Morgan fingerprint density at radius 3 is 2.28 bits per heavy atom. The molecular weight excluding hydrogens is 384 g/mol. The van der Waals surface area contributed by atoms with Crippen molar-refractivity contribution in [2.75, 3.05) is 11.5 Å². The molecule has 0 fully saturated rings. The number of thiazole rings is 1. The molecule has 1 aromatic heterocycles. The second kappa shape index (κ2) is 9.01. The highest BCUT2D eigenvalue weighted by Crippen LogP contribution is 2.29. The molecule has 3 rings (SSSR count). The molecule has 3 aromatic rings. The van der Waals surface area contributed by atoms with E-state index in [0.29, 0.717) is 10.6 Å². The number of nitrogens with zero attached hydrogens (tertiary/aromatic N) is 2. The van der Waals surface area contributed by atoms with E-state index < -0.39 is 0 Å². The van der Waals surface area contributed by atoms with Gasteiger partial charge in [-0.25, -0.2) is 4.98 Å². The second-order valence-corrected chi connectivity index (χ2v) is 7.99. The number of benzene rings is 2. The molecule has 5 nitrogen and oxygen atoms in total. The van der Waals surface area contributed by atoms with Gasteiger partial charge in [-0.15, -0.1) is 11.3 Å². The Kier molecular flexibility index (Phi) is 6.44. The maximum Gasteiger partial charge on any atom is 0.265 e. The molecule has 1 amide bonds. The SMILES string of the molecule is CC(=O)c1sc(-c2ccc(OCC(=O)N(c3ccccc3)C(C)C)cc2)nc1C. The first-order chi connectivity index (χ1) is 13.9. The molecule has 2 aromatic carbocycles. The Morgan fingerprint density at radius 2 is 1.72 bits per heavy atom. The summed E-state index contributed by atoms with van der Waals surface area (Å²) in [6, 6.07) is 17.0. The van der Waals surface area contributed by atoms with E-state index in [1.165, 1.54) is 11.3 Å². The predicted octanol–water partition coefficient (Wildman–Crippen LogP) is 5.14. The summed E-state index contributed by atoms with van der Waals surface area (Å²) < 4.78 is 5.72. The third-order valence-corrected chi connectivity index (χ3v) is 5.71. The van der Waals surface area contributed by atoms with Crippen LogP contribution in [0.3, 0.4) is 0 Å². The minimum absolute atomic E-state index is 0.0258. The lowest BCUT2D eigenvalue weighted by atomic mass is 10.2. The van der Waals surface area contributed by atoms with E-state index in [4.69, 9.17) is 4.74 Å². The first-order valence-electron chi connectivity index (χ1n) is 9.45. The van der Waals surface area contributed by atoms with Crippen LogP contribution in [0.15, 0.2) is 54.6 Å². The van der Waals surface area contributed by atoms with Crippen molar-refractivity contribution in [3.63, 3.8) is 0 Å². The van der Waals surface area contributed by atoms with E-state index in [1.54, 1.807) is 11.8 Å². The highest BCUT2D eigenvalue weighted by Gasteiger charge is 2.19. The first-order valence-corrected chi connectivity index (χ1v) is 10.3. The third kappa shape index (κ3) is 4.90. The molecule has 1 heterocycles. The third-order valence-electron chi connectivity index (χ3n) is 4.40. The second-order valence-electron chi connectivity index (χ2n) is 7.00. The molecule has 0 atom stereocenters. The summed E-state index contributed by atoms with van der Waals surface area (Å²) in [5, 5.41) is 0.797. The Hall–Kier alpha value is -2.99. The number of hydrogen-bond donors (Lipinski definition) is 0. The molecule has 0 unspecified atom stereocenters. The Balaban J connectivity index is 1.67. The van der Waals surface area contributed by atoms with Crippen molar-refractivity contribution in [1.82, 2.24) is 4.98 Å². The molecule has 150 valence electrons. The summed E-state index contributed by atoms with van der Waals surface area (Å²) in [5.74, 6) is 0.536. The van der Waals surface area contributed by atoms with Gasteiger partial charge in [0.05, 0.1) is 10.6 Å². The number of anilines is 1. The normalized spacial score (nSPS) is 10.8. The number of para-hydroxylation sites is 1. The Morgan fingerprint density at radius 1 is 1.07 bits per heavy atom. The Bertz CT molecular complexity index is 995. The summed E-state index contributed by atoms with van der Waals surface area (Å²) in [6.07, 6.45) is 0. The summed E-state index contributed by atoms with van der Waals surface area (Å²) >= 11 is 1.39. The number of carbonyl (C=O) groups is 2. The van der Waals surface area contributed by atoms with Crippen LogP contribution in [0.25, 0.3) is 10.6 Å². The van der Waals surface area contributed by atoms with Crippen molar-refractivity contribution >= 4 is 28.7 Å². The van der Waals surface area contributed by atoms with Crippen LogP contribution in [0.2, 0.25) is 0 Å². The summed E-state index contributed by atoms with van der Waals surface area (Å²) in [7, 11) is 0. The molecule has 0 radical (unpaired) electrons. The smallest absolute Gasteiger partial charge is 0.265 e. The molecule has 0 aliphatic heterocycles. The van der Waals surface area contributed by atoms with Crippen molar-refractivity contribution < 1.29 is 14.3 Å². The van der Waals surface area contributed by atoms with Crippen molar-refractivity contribution in [2.24, 2.45) is 0 Å². The fourth-order valence-electron chi connectivity index (χ4n) is 3.07. The number of ketones is 1. The monoisotopic (exact) mass is 408 g/mol. The van der Waals surface area contributed by atoms with Gasteiger partial charge in [0, 0.05) is 24.2 Å². The summed E-state index contributed by atoms with van der Waals surface area (Å²) in [5.41, 5.74) is 2.52. The van der Waals surface area contributed by atoms with Gasteiger partial charge in [-0.1, -0.05) is 18.2 Å². The fourth-order valence-corrected chi connectivity index (χ4v) is 4.04. The maximum absolute atomic E-state index is 12.7. The van der Waals surface area contributed by atoms with Gasteiger partial charge in [0.25, 0.3) is 5.91 Å². The molecule has 0 saturated heterocycles. The number of hydrogen-bond acceptors (Lipinski definition) is 5. The van der Waals surface area contributed by atoms with Crippen molar-refractivity contribution in [2.45, 2.75) is 33.7 Å². The number of carbonyl (C=O) groups excluding carboxylic acids is 2. The lowest BCUT2D eigenvalue weighted by Gasteiger charge is -2.26. The number of Topliss-reactive ketones (excluding diaryl/α,β-unsaturated/α-hetero) is 1. The highest BCUT2D eigenvalue weighted by molar-refractivity contribution is 7.17. The van der Waals surface area contributed by atoms with E-state index in [9.17, 15) is 9.59 Å². The first kappa shape index (κ1) is 20.7. The Labute approximate surface area is 175 Å². The largest absolute Gasteiger partial charge is 0.484 e. The maximum atomic E-state index is 12.7. The van der Waals surface area contributed by atoms with Crippen LogP contribution in [0.4, 0.5) is 5.69 Å². The van der Waals surface area contributed by atoms with Crippen molar-refractivity contribution in [1.29, 1.82) is 0 Å². The van der Waals surface area contributed by atoms with Crippen LogP contribution < -0.4 is 9.64 Å². The molecule has 29 heavy (non-hydrogen) atoms. The number of amides is 1. The van der Waals surface area contributed by atoms with E-state index in [1.807, 2.05) is 75.4 Å². The number of rotatable bonds is 7. The van der Waals surface area contributed by atoms with E-state index >= 15 is 0 Å². The molecule has 6 heteroatoms. The highest BCUT2D eigenvalue weighted by atomic mass is 32.1. The topological polar surface area (TPSA) is 59.5 Å². The van der Waals surface area contributed by atoms with Crippen LogP contribution in [-0.2, 0) is 4.79 Å². The van der Waals surface area contributed by atoms with Crippen LogP contribution in [0, 0.1) is 6.92 Å². The standard InChI is InChI=1S/C23H24N2O3S/c1-15(2)25(19-8-6-5-7-9-19)21(27)14-28-20-12-10-18(11-13-20)23-24-16(3)22(29-23)17(4)26/h5-13,15H,14H2,1-4H3. The van der Waals surface area contributed by atoms with Crippen LogP contribution in [0.1, 0.15) is 36.1 Å². The van der Waals surface area contributed by atoms with Crippen molar-refractivity contribution in [3.05, 3.63) is 65.2 Å². The predicted molar refractivity (Wildman–Crippen MR) is 117 cm³/mol. The fraction of sp³-hybridized carbons (Fsp3) is 0.261. The average molecular weight is 409 g/mol. The zero-order valence-electron chi connectivity index (χ0n) is 17.0.